The standard InChI is InChI=1S/C34H42O4.C5H12.C3H8/c1-19-20(2)22(4)31(30(35)21(19)3)38-24-12-11-23-16-34(17-32(5,6)25(23)13-24)18-33(7,8)26-14-28(36-9)29(37-10)15-27(26)34;1-3-5-4-2;1-3-2/h11-15,35H,16-18H2,1-10H3;3-5H2,1-2H3;3H2,1-2H3. The lowest BCUT2D eigenvalue weighted by atomic mass is 9.58. The third-order valence-electron chi connectivity index (χ3n) is 10.2. The Morgan fingerprint density at radius 3 is 1.67 bits per heavy atom. The number of methoxy groups -OCH3 is 2. The smallest absolute Gasteiger partial charge is 0.172 e. The van der Waals surface area contributed by atoms with Crippen LogP contribution in [0.4, 0.5) is 0 Å². The Morgan fingerprint density at radius 1 is 0.674 bits per heavy atom. The first-order valence-corrected chi connectivity index (χ1v) is 17.4. The molecule has 0 bridgehead atoms. The Hall–Kier alpha value is -3.14. The van der Waals surface area contributed by atoms with Gasteiger partial charge in [-0.15, -0.1) is 0 Å². The van der Waals surface area contributed by atoms with Gasteiger partial charge in [0.1, 0.15) is 5.75 Å². The minimum Gasteiger partial charge on any atom is -0.504 e. The second kappa shape index (κ2) is 14.7. The molecule has 1 spiro atoms. The molecular weight excluding hydrogens is 568 g/mol. The third kappa shape index (κ3) is 7.21. The molecule has 0 aliphatic heterocycles. The lowest BCUT2D eigenvalue weighted by Gasteiger charge is -2.45. The molecule has 3 aromatic carbocycles. The fourth-order valence-corrected chi connectivity index (χ4v) is 7.86. The Kier molecular flexibility index (Phi) is 12.0. The molecule has 0 amide bonds. The highest BCUT2D eigenvalue weighted by molar-refractivity contribution is 5.60. The molecule has 1 atom stereocenters. The number of fused-ring (bicyclic) bond motifs is 3. The van der Waals surface area contributed by atoms with Crippen LogP contribution < -0.4 is 14.2 Å². The number of phenolic OH excluding ortho intramolecular Hbond substituents is 1. The van der Waals surface area contributed by atoms with Gasteiger partial charge in [-0.3, -0.25) is 0 Å². The number of hydrogen-bond donors (Lipinski definition) is 1. The van der Waals surface area contributed by atoms with E-state index < -0.39 is 0 Å². The minimum absolute atomic E-state index is 0.0251. The van der Waals surface area contributed by atoms with Crippen LogP contribution in [0, 0.1) is 27.7 Å². The molecule has 0 aromatic heterocycles. The molecule has 2 aliphatic rings. The van der Waals surface area contributed by atoms with E-state index in [9.17, 15) is 5.11 Å². The number of aromatic hydroxyl groups is 1. The highest BCUT2D eigenvalue weighted by Crippen LogP contribution is 2.60. The van der Waals surface area contributed by atoms with Gasteiger partial charge in [0.15, 0.2) is 23.0 Å². The normalized spacial score (nSPS) is 18.4. The second-order valence-electron chi connectivity index (χ2n) is 15.0. The van der Waals surface area contributed by atoms with Gasteiger partial charge in [0.25, 0.3) is 0 Å². The van der Waals surface area contributed by atoms with Gasteiger partial charge in [-0.2, -0.15) is 0 Å². The molecule has 1 N–H and O–H groups in total. The van der Waals surface area contributed by atoms with Gasteiger partial charge < -0.3 is 19.3 Å². The summed E-state index contributed by atoms with van der Waals surface area (Å²) < 4.78 is 17.8. The fraction of sp³-hybridized carbons (Fsp3) is 0.571. The summed E-state index contributed by atoms with van der Waals surface area (Å²) in [5.41, 5.74) is 9.58. The van der Waals surface area contributed by atoms with Gasteiger partial charge >= 0.3 is 0 Å². The molecule has 0 saturated carbocycles. The SMILES string of the molecule is CCC.CCCCC.COc1cc2c(cc1OC)C1(Cc3ccc(Oc4c(C)c(C)c(C)c(C)c4O)cc3C(C)(C)C1)CC2(C)C. The fourth-order valence-electron chi connectivity index (χ4n) is 7.86. The van der Waals surface area contributed by atoms with E-state index in [2.05, 4.69) is 92.6 Å². The van der Waals surface area contributed by atoms with Crippen molar-refractivity contribution in [2.24, 2.45) is 0 Å². The number of phenols is 1. The van der Waals surface area contributed by atoms with E-state index in [0.29, 0.717) is 5.75 Å². The molecule has 5 rings (SSSR count). The van der Waals surface area contributed by atoms with Gasteiger partial charge in [0.05, 0.1) is 14.2 Å². The van der Waals surface area contributed by atoms with Crippen molar-refractivity contribution in [3.05, 3.63) is 74.8 Å². The predicted octanol–water partition coefficient (Wildman–Crippen LogP) is 11.9. The van der Waals surface area contributed by atoms with Crippen molar-refractivity contribution in [2.45, 2.75) is 144 Å². The van der Waals surface area contributed by atoms with Crippen LogP contribution in [-0.2, 0) is 22.7 Å². The molecule has 0 heterocycles. The molecule has 254 valence electrons. The quantitative estimate of drug-likeness (QED) is 0.294. The van der Waals surface area contributed by atoms with Crippen LogP contribution in [0.15, 0.2) is 30.3 Å². The summed E-state index contributed by atoms with van der Waals surface area (Å²) in [6.45, 7) is 26.2. The van der Waals surface area contributed by atoms with Crippen LogP contribution >= 0.6 is 0 Å². The van der Waals surface area contributed by atoms with Gasteiger partial charge in [0.2, 0.25) is 0 Å². The second-order valence-corrected chi connectivity index (χ2v) is 15.0. The average Bonchev–Trinajstić information content (AvgIpc) is 3.21. The zero-order valence-corrected chi connectivity index (χ0v) is 31.5. The van der Waals surface area contributed by atoms with E-state index in [4.69, 9.17) is 14.2 Å². The van der Waals surface area contributed by atoms with Gasteiger partial charge in [-0.05, 0) is 127 Å². The minimum atomic E-state index is -0.0615. The van der Waals surface area contributed by atoms with Crippen molar-refractivity contribution < 1.29 is 19.3 Å². The zero-order chi connectivity index (χ0) is 34.6. The molecule has 46 heavy (non-hydrogen) atoms. The van der Waals surface area contributed by atoms with Crippen molar-refractivity contribution in [3.63, 3.8) is 0 Å². The van der Waals surface area contributed by atoms with E-state index in [-0.39, 0.29) is 22.0 Å². The Bertz CT molecular complexity index is 1480. The molecule has 0 saturated heterocycles. The molecule has 0 radical (unpaired) electrons. The van der Waals surface area contributed by atoms with Crippen LogP contribution in [0.1, 0.15) is 138 Å². The summed E-state index contributed by atoms with van der Waals surface area (Å²) in [6, 6.07) is 10.9. The van der Waals surface area contributed by atoms with E-state index in [1.165, 1.54) is 47.9 Å². The van der Waals surface area contributed by atoms with Crippen molar-refractivity contribution in [2.75, 3.05) is 14.2 Å². The third-order valence-corrected chi connectivity index (χ3v) is 10.2. The Labute approximate surface area is 280 Å². The number of benzene rings is 3. The number of unbranched alkanes of at least 4 members (excludes halogenated alkanes) is 2. The molecule has 4 heteroatoms. The first kappa shape index (κ1) is 37.3. The lowest BCUT2D eigenvalue weighted by Crippen LogP contribution is -2.41. The van der Waals surface area contributed by atoms with Crippen LogP contribution in [-0.4, -0.2) is 19.3 Å². The maximum absolute atomic E-state index is 10.9. The maximum atomic E-state index is 10.9. The first-order chi connectivity index (χ1) is 21.6. The van der Waals surface area contributed by atoms with E-state index in [1.807, 2.05) is 20.8 Å². The van der Waals surface area contributed by atoms with Crippen molar-refractivity contribution in [1.29, 1.82) is 0 Å². The molecule has 4 nitrogen and oxygen atoms in total. The zero-order valence-electron chi connectivity index (χ0n) is 31.5. The summed E-state index contributed by atoms with van der Waals surface area (Å²) in [5, 5.41) is 10.9. The van der Waals surface area contributed by atoms with Crippen LogP contribution in [0.3, 0.4) is 0 Å². The lowest BCUT2D eigenvalue weighted by molar-refractivity contribution is 0.244. The average molecular weight is 631 g/mol. The van der Waals surface area contributed by atoms with E-state index in [0.717, 1.165) is 58.8 Å². The van der Waals surface area contributed by atoms with Crippen LogP contribution in [0.25, 0.3) is 0 Å². The highest BCUT2D eigenvalue weighted by Gasteiger charge is 2.53. The molecule has 0 fully saturated rings. The van der Waals surface area contributed by atoms with Gasteiger partial charge in [-0.1, -0.05) is 87.1 Å². The van der Waals surface area contributed by atoms with E-state index >= 15 is 0 Å². The monoisotopic (exact) mass is 630 g/mol. The largest absolute Gasteiger partial charge is 0.504 e. The molecule has 3 aromatic rings. The molecule has 1 unspecified atom stereocenters. The predicted molar refractivity (Wildman–Crippen MR) is 195 cm³/mol. The number of hydrogen-bond acceptors (Lipinski definition) is 4. The summed E-state index contributed by atoms with van der Waals surface area (Å²) >= 11 is 0. The summed E-state index contributed by atoms with van der Waals surface area (Å²) in [6.07, 6.45) is 8.43. The Balaban J connectivity index is 0.000000647. The number of rotatable bonds is 6. The van der Waals surface area contributed by atoms with Crippen LogP contribution in [0.5, 0.6) is 28.7 Å². The summed E-state index contributed by atoms with van der Waals surface area (Å²) in [4.78, 5) is 0. The Morgan fingerprint density at radius 2 is 1.17 bits per heavy atom. The number of ether oxygens (including phenoxy) is 3. The van der Waals surface area contributed by atoms with Gasteiger partial charge in [0, 0.05) is 5.41 Å². The summed E-state index contributed by atoms with van der Waals surface area (Å²) in [7, 11) is 3.43. The van der Waals surface area contributed by atoms with Crippen molar-refractivity contribution >= 4 is 0 Å². The molecule has 2 aliphatic carbocycles. The van der Waals surface area contributed by atoms with Crippen molar-refractivity contribution in [3.8, 4) is 28.7 Å². The highest BCUT2D eigenvalue weighted by atomic mass is 16.5. The van der Waals surface area contributed by atoms with E-state index in [1.54, 1.807) is 14.2 Å². The first-order valence-electron chi connectivity index (χ1n) is 17.4. The van der Waals surface area contributed by atoms with Crippen molar-refractivity contribution in [1.82, 2.24) is 0 Å². The maximum Gasteiger partial charge on any atom is 0.172 e. The van der Waals surface area contributed by atoms with Crippen LogP contribution in [0.2, 0.25) is 0 Å². The summed E-state index contributed by atoms with van der Waals surface area (Å²) in [5.74, 6) is 3.16. The topological polar surface area (TPSA) is 47.9 Å². The molecular formula is C42H62O4. The van der Waals surface area contributed by atoms with Gasteiger partial charge in [-0.25, -0.2) is 0 Å².